The Labute approximate surface area is 167 Å². The standard InChI is InChI=1S/C21H28N2O4S/c1-3-17(2)19-11-7-8-12-20(19)27-16-21(24)22-13-14-28(25,26)23-15-18-9-5-4-6-10-18/h4-12,17,23H,3,13-16H2,1-2H3,(H,22,24). The van der Waals surface area contributed by atoms with Gasteiger partial charge < -0.3 is 10.1 Å². The quantitative estimate of drug-likeness (QED) is 0.603. The summed E-state index contributed by atoms with van der Waals surface area (Å²) < 4.78 is 32.2. The minimum atomic E-state index is -3.47. The second-order valence-corrected chi connectivity index (χ2v) is 8.54. The maximum Gasteiger partial charge on any atom is 0.257 e. The van der Waals surface area contributed by atoms with Crippen LogP contribution >= 0.6 is 0 Å². The number of hydrogen-bond acceptors (Lipinski definition) is 4. The van der Waals surface area contributed by atoms with Crippen LogP contribution in [0.1, 0.15) is 37.3 Å². The second-order valence-electron chi connectivity index (χ2n) is 6.61. The van der Waals surface area contributed by atoms with Gasteiger partial charge in [-0.05, 0) is 29.5 Å². The zero-order valence-electron chi connectivity index (χ0n) is 16.4. The molecule has 0 saturated heterocycles. The largest absolute Gasteiger partial charge is 0.483 e. The first-order valence-corrected chi connectivity index (χ1v) is 11.1. The molecule has 0 radical (unpaired) electrons. The summed E-state index contributed by atoms with van der Waals surface area (Å²) in [4.78, 5) is 12.0. The van der Waals surface area contributed by atoms with Gasteiger partial charge in [-0.3, -0.25) is 4.79 Å². The highest BCUT2D eigenvalue weighted by atomic mass is 32.2. The molecular weight excluding hydrogens is 376 g/mol. The smallest absolute Gasteiger partial charge is 0.257 e. The Balaban J connectivity index is 1.74. The highest BCUT2D eigenvalue weighted by Gasteiger charge is 2.13. The van der Waals surface area contributed by atoms with Crippen LogP contribution < -0.4 is 14.8 Å². The Kier molecular flexibility index (Phi) is 8.47. The molecule has 6 nitrogen and oxygen atoms in total. The van der Waals surface area contributed by atoms with E-state index in [0.717, 1.165) is 17.5 Å². The Bertz CT molecular complexity index is 854. The summed E-state index contributed by atoms with van der Waals surface area (Å²) in [5.74, 6) is 0.483. The van der Waals surface area contributed by atoms with Crippen LogP contribution in [0.5, 0.6) is 5.75 Å². The van der Waals surface area contributed by atoms with E-state index in [4.69, 9.17) is 4.74 Å². The van der Waals surface area contributed by atoms with Crippen molar-refractivity contribution in [3.63, 3.8) is 0 Å². The maximum absolute atomic E-state index is 12.0. The molecule has 0 aliphatic carbocycles. The van der Waals surface area contributed by atoms with E-state index >= 15 is 0 Å². The van der Waals surface area contributed by atoms with Crippen LogP contribution in [-0.4, -0.2) is 33.2 Å². The average molecular weight is 405 g/mol. The highest BCUT2D eigenvalue weighted by Crippen LogP contribution is 2.28. The Morgan fingerprint density at radius 3 is 2.46 bits per heavy atom. The van der Waals surface area contributed by atoms with Gasteiger partial charge in [-0.1, -0.05) is 62.4 Å². The highest BCUT2D eigenvalue weighted by molar-refractivity contribution is 7.89. The zero-order chi connectivity index (χ0) is 20.4. The number of para-hydroxylation sites is 1. The monoisotopic (exact) mass is 404 g/mol. The molecule has 1 unspecified atom stereocenters. The molecule has 0 saturated carbocycles. The van der Waals surface area contributed by atoms with E-state index in [1.807, 2.05) is 54.6 Å². The zero-order valence-corrected chi connectivity index (χ0v) is 17.2. The molecule has 2 rings (SSSR count). The van der Waals surface area contributed by atoms with Gasteiger partial charge in [0.25, 0.3) is 5.91 Å². The number of nitrogens with one attached hydrogen (secondary N) is 2. The molecular formula is C21H28N2O4S. The molecule has 7 heteroatoms. The first-order valence-electron chi connectivity index (χ1n) is 9.41. The third-order valence-electron chi connectivity index (χ3n) is 4.45. The summed E-state index contributed by atoms with van der Waals surface area (Å²) in [6.07, 6.45) is 0.973. The molecule has 2 aromatic carbocycles. The first-order chi connectivity index (χ1) is 13.4. The van der Waals surface area contributed by atoms with E-state index in [1.165, 1.54) is 0 Å². The van der Waals surface area contributed by atoms with Gasteiger partial charge >= 0.3 is 0 Å². The van der Waals surface area contributed by atoms with E-state index < -0.39 is 10.0 Å². The molecule has 2 N–H and O–H groups in total. The van der Waals surface area contributed by atoms with Crippen molar-refractivity contribution in [3.05, 3.63) is 65.7 Å². The SMILES string of the molecule is CCC(C)c1ccccc1OCC(=O)NCCS(=O)(=O)NCc1ccccc1. The predicted octanol–water partition coefficient (Wildman–Crippen LogP) is 2.81. The predicted molar refractivity (Wildman–Crippen MR) is 111 cm³/mol. The second kappa shape index (κ2) is 10.8. The van der Waals surface area contributed by atoms with Crippen LogP contribution in [0.4, 0.5) is 0 Å². The summed E-state index contributed by atoms with van der Waals surface area (Å²) in [5.41, 5.74) is 1.94. The molecule has 0 fully saturated rings. The summed E-state index contributed by atoms with van der Waals surface area (Å²) in [5, 5.41) is 2.59. The summed E-state index contributed by atoms with van der Waals surface area (Å²) in [6.45, 7) is 4.31. The number of carbonyl (C=O) groups is 1. The Morgan fingerprint density at radius 1 is 1.07 bits per heavy atom. The molecule has 0 aromatic heterocycles. The van der Waals surface area contributed by atoms with Gasteiger partial charge in [-0.15, -0.1) is 0 Å². The van der Waals surface area contributed by atoms with Gasteiger partial charge in [0.05, 0.1) is 5.75 Å². The molecule has 0 aliphatic rings. The molecule has 152 valence electrons. The van der Waals surface area contributed by atoms with Gasteiger partial charge in [-0.25, -0.2) is 13.1 Å². The first kappa shape index (κ1) is 21.9. The van der Waals surface area contributed by atoms with Crippen LogP contribution in [0.25, 0.3) is 0 Å². The third-order valence-corrected chi connectivity index (χ3v) is 5.78. The van der Waals surface area contributed by atoms with Gasteiger partial charge in [0.1, 0.15) is 5.75 Å². The van der Waals surface area contributed by atoms with Crippen molar-refractivity contribution in [1.29, 1.82) is 0 Å². The number of ether oxygens (including phenoxy) is 1. The van der Waals surface area contributed by atoms with Crippen molar-refractivity contribution in [3.8, 4) is 5.75 Å². The van der Waals surface area contributed by atoms with Gasteiger partial charge in [0.15, 0.2) is 6.61 Å². The number of amides is 1. The maximum atomic E-state index is 12.0. The third kappa shape index (κ3) is 7.32. The number of carbonyl (C=O) groups excluding carboxylic acids is 1. The van der Waals surface area contributed by atoms with Gasteiger partial charge in [0, 0.05) is 13.1 Å². The van der Waals surface area contributed by atoms with Crippen molar-refractivity contribution >= 4 is 15.9 Å². The number of hydrogen-bond donors (Lipinski definition) is 2. The van der Waals surface area contributed by atoms with E-state index in [-0.39, 0.29) is 31.4 Å². The lowest BCUT2D eigenvalue weighted by atomic mass is 9.98. The number of sulfonamides is 1. The molecule has 0 aliphatic heterocycles. The topological polar surface area (TPSA) is 84.5 Å². The van der Waals surface area contributed by atoms with Gasteiger partial charge in [-0.2, -0.15) is 0 Å². The van der Waals surface area contributed by atoms with Crippen LogP contribution in [0.2, 0.25) is 0 Å². The van der Waals surface area contributed by atoms with Crippen molar-refractivity contribution in [2.24, 2.45) is 0 Å². The summed E-state index contributed by atoms with van der Waals surface area (Å²) in [6, 6.07) is 16.9. The van der Waals surface area contributed by atoms with Crippen molar-refractivity contribution < 1.29 is 17.9 Å². The molecule has 1 atom stereocenters. The van der Waals surface area contributed by atoms with E-state index in [1.54, 1.807) is 0 Å². The van der Waals surface area contributed by atoms with E-state index in [2.05, 4.69) is 23.9 Å². The van der Waals surface area contributed by atoms with E-state index in [0.29, 0.717) is 11.7 Å². The van der Waals surface area contributed by atoms with Crippen LogP contribution in [-0.2, 0) is 21.4 Å². The normalized spacial score (nSPS) is 12.4. The fourth-order valence-corrected chi connectivity index (χ4v) is 3.52. The van der Waals surface area contributed by atoms with Crippen molar-refractivity contribution in [2.75, 3.05) is 18.9 Å². The van der Waals surface area contributed by atoms with Crippen molar-refractivity contribution in [2.45, 2.75) is 32.7 Å². The molecule has 28 heavy (non-hydrogen) atoms. The molecule has 0 spiro atoms. The fourth-order valence-electron chi connectivity index (χ4n) is 2.62. The van der Waals surface area contributed by atoms with Crippen LogP contribution in [0.3, 0.4) is 0 Å². The molecule has 1 amide bonds. The van der Waals surface area contributed by atoms with Crippen molar-refractivity contribution in [1.82, 2.24) is 10.0 Å². The summed E-state index contributed by atoms with van der Waals surface area (Å²) in [7, 11) is -3.47. The number of benzene rings is 2. The lowest BCUT2D eigenvalue weighted by molar-refractivity contribution is -0.122. The summed E-state index contributed by atoms with van der Waals surface area (Å²) >= 11 is 0. The molecule has 2 aromatic rings. The van der Waals surface area contributed by atoms with Crippen LogP contribution in [0.15, 0.2) is 54.6 Å². The molecule has 0 heterocycles. The molecule has 0 bridgehead atoms. The average Bonchev–Trinajstić information content (AvgIpc) is 2.71. The van der Waals surface area contributed by atoms with Crippen LogP contribution in [0, 0.1) is 0 Å². The minimum absolute atomic E-state index is 0.0271. The lowest BCUT2D eigenvalue weighted by Gasteiger charge is -2.15. The van der Waals surface area contributed by atoms with E-state index in [9.17, 15) is 13.2 Å². The van der Waals surface area contributed by atoms with Gasteiger partial charge in [0.2, 0.25) is 10.0 Å². The fraction of sp³-hybridized carbons (Fsp3) is 0.381. The number of rotatable bonds is 11. The minimum Gasteiger partial charge on any atom is -0.483 e. The Hall–Kier alpha value is -2.38. The Morgan fingerprint density at radius 2 is 1.75 bits per heavy atom. The lowest BCUT2D eigenvalue weighted by Crippen LogP contribution is -2.36.